The van der Waals surface area contributed by atoms with Gasteiger partial charge in [-0.25, -0.2) is 0 Å². The molecule has 0 aliphatic rings. The summed E-state index contributed by atoms with van der Waals surface area (Å²) in [5, 5.41) is 17.6. The van der Waals surface area contributed by atoms with E-state index in [0.29, 0.717) is 29.0 Å². The molecule has 0 aromatic heterocycles. The molecule has 2 aromatic carbocycles. The van der Waals surface area contributed by atoms with E-state index in [1.165, 1.54) is 11.8 Å². The number of hydrogen-bond donors (Lipinski definition) is 3. The van der Waals surface area contributed by atoms with E-state index in [9.17, 15) is 5.11 Å². The normalized spacial score (nSPS) is 10.9. The fourth-order valence-corrected chi connectivity index (χ4v) is 2.36. The van der Waals surface area contributed by atoms with Gasteiger partial charge in [-0.1, -0.05) is 32.0 Å². The van der Waals surface area contributed by atoms with Crippen LogP contribution in [0.3, 0.4) is 0 Å². The Labute approximate surface area is 153 Å². The Morgan fingerprint density at radius 2 is 1.96 bits per heavy atom. The van der Waals surface area contributed by atoms with E-state index in [2.05, 4.69) is 41.8 Å². The third-order valence-electron chi connectivity index (χ3n) is 3.54. The number of phenols is 1. The number of hydrazone groups is 1. The van der Waals surface area contributed by atoms with Crippen molar-refractivity contribution in [3.05, 3.63) is 53.6 Å². The average Bonchev–Trinajstić information content (AvgIpc) is 2.59. The molecule has 0 amide bonds. The minimum atomic E-state index is 0.0538. The molecule has 132 valence electrons. The van der Waals surface area contributed by atoms with Crippen LogP contribution in [0.4, 0.5) is 5.69 Å². The largest absolute Gasteiger partial charge is 0.504 e. The molecule has 0 bridgehead atoms. The summed E-state index contributed by atoms with van der Waals surface area (Å²) < 4.78 is 5.34. The second-order valence-corrected chi connectivity index (χ2v) is 6.14. The van der Waals surface area contributed by atoms with Crippen LogP contribution in [0, 0.1) is 0 Å². The van der Waals surface area contributed by atoms with Crippen LogP contribution in [0.5, 0.6) is 11.5 Å². The molecule has 0 saturated carbocycles. The van der Waals surface area contributed by atoms with Gasteiger partial charge in [-0.15, -0.1) is 0 Å². The number of ether oxygens (including phenoxy) is 1. The van der Waals surface area contributed by atoms with Crippen LogP contribution in [0.1, 0.15) is 37.8 Å². The Bertz CT molecular complexity index is 743. The summed E-state index contributed by atoms with van der Waals surface area (Å²) in [6.45, 7) is 6.65. The number of rotatable bonds is 6. The Balaban J connectivity index is 1.93. The molecule has 0 radical (unpaired) electrons. The predicted octanol–water partition coefficient (Wildman–Crippen LogP) is 4.23. The lowest BCUT2D eigenvalue weighted by Crippen LogP contribution is -2.23. The zero-order chi connectivity index (χ0) is 18.2. The molecule has 0 heterocycles. The molecule has 0 aliphatic heterocycles. The number of nitrogens with zero attached hydrogens (tertiary/aromatic N) is 1. The molecule has 5 nitrogen and oxygen atoms in total. The van der Waals surface area contributed by atoms with Gasteiger partial charge in [0, 0.05) is 11.3 Å². The quantitative estimate of drug-likeness (QED) is 0.410. The van der Waals surface area contributed by atoms with E-state index >= 15 is 0 Å². The lowest BCUT2D eigenvalue weighted by Gasteiger charge is -2.10. The first-order chi connectivity index (χ1) is 12.0. The van der Waals surface area contributed by atoms with Crippen molar-refractivity contribution in [1.82, 2.24) is 5.43 Å². The summed E-state index contributed by atoms with van der Waals surface area (Å²) in [4.78, 5) is 0. The van der Waals surface area contributed by atoms with Gasteiger partial charge in [0.1, 0.15) is 0 Å². The van der Waals surface area contributed by atoms with E-state index in [-0.39, 0.29) is 5.75 Å². The van der Waals surface area contributed by atoms with Crippen LogP contribution < -0.4 is 15.5 Å². The van der Waals surface area contributed by atoms with Gasteiger partial charge in [0.25, 0.3) is 0 Å². The van der Waals surface area contributed by atoms with Gasteiger partial charge in [0.2, 0.25) is 0 Å². The van der Waals surface area contributed by atoms with Gasteiger partial charge in [-0.3, -0.25) is 5.43 Å². The third kappa shape index (κ3) is 5.46. The smallest absolute Gasteiger partial charge is 0.191 e. The molecule has 0 fully saturated rings. The third-order valence-corrected chi connectivity index (χ3v) is 3.73. The van der Waals surface area contributed by atoms with E-state index in [1.807, 2.05) is 19.1 Å². The predicted molar refractivity (Wildman–Crippen MR) is 107 cm³/mol. The number of aromatic hydroxyl groups is 1. The fraction of sp³-hybridized carbons (Fsp3) is 0.263. The summed E-state index contributed by atoms with van der Waals surface area (Å²) in [5.41, 5.74) is 5.44. The van der Waals surface area contributed by atoms with E-state index in [4.69, 9.17) is 17.0 Å². The Morgan fingerprint density at radius 1 is 1.24 bits per heavy atom. The lowest BCUT2D eigenvalue weighted by atomic mass is 10.0. The van der Waals surface area contributed by atoms with Crippen LogP contribution in [0.25, 0.3) is 0 Å². The van der Waals surface area contributed by atoms with Crippen molar-refractivity contribution in [3.63, 3.8) is 0 Å². The number of benzene rings is 2. The molecule has 2 rings (SSSR count). The van der Waals surface area contributed by atoms with Gasteiger partial charge < -0.3 is 15.2 Å². The van der Waals surface area contributed by atoms with Crippen molar-refractivity contribution in [1.29, 1.82) is 0 Å². The highest BCUT2D eigenvalue weighted by atomic mass is 32.1. The first-order valence-electron chi connectivity index (χ1n) is 8.16. The van der Waals surface area contributed by atoms with Gasteiger partial charge in [-0.05, 0) is 54.9 Å². The molecule has 0 aliphatic carbocycles. The fourth-order valence-electron chi connectivity index (χ4n) is 2.19. The molecule has 0 spiro atoms. The second kappa shape index (κ2) is 9.03. The first-order valence-corrected chi connectivity index (χ1v) is 8.57. The minimum absolute atomic E-state index is 0.0538. The van der Waals surface area contributed by atoms with E-state index < -0.39 is 0 Å². The van der Waals surface area contributed by atoms with Crippen LogP contribution in [0.2, 0.25) is 0 Å². The van der Waals surface area contributed by atoms with Crippen molar-refractivity contribution in [2.45, 2.75) is 26.7 Å². The molecule has 0 atom stereocenters. The second-order valence-electron chi connectivity index (χ2n) is 5.73. The molecular formula is C19H23N3O2S. The van der Waals surface area contributed by atoms with Crippen LogP contribution in [0.15, 0.2) is 47.6 Å². The van der Waals surface area contributed by atoms with Gasteiger partial charge in [-0.2, -0.15) is 5.10 Å². The number of hydrogen-bond acceptors (Lipinski definition) is 4. The standard InChI is InChI=1S/C19H23N3O2S/c1-4-24-17-7-5-6-15(18(17)23)12-20-22-19(25)21-16-10-8-14(9-11-16)13(2)3/h5-13,23H,4H2,1-3H3,(H2,21,22,25)/b20-12+. The Kier molecular flexibility index (Phi) is 6.77. The van der Waals surface area contributed by atoms with Gasteiger partial charge in [0.15, 0.2) is 16.6 Å². The molecule has 0 saturated heterocycles. The van der Waals surface area contributed by atoms with Crippen LogP contribution in [-0.2, 0) is 0 Å². The number of phenolic OH excluding ortho intramolecular Hbond substituents is 1. The zero-order valence-electron chi connectivity index (χ0n) is 14.6. The summed E-state index contributed by atoms with van der Waals surface area (Å²) >= 11 is 5.21. The Hall–Kier alpha value is -2.60. The summed E-state index contributed by atoms with van der Waals surface area (Å²) in [6, 6.07) is 13.3. The minimum Gasteiger partial charge on any atom is -0.504 e. The van der Waals surface area contributed by atoms with Crippen molar-refractivity contribution < 1.29 is 9.84 Å². The maximum absolute atomic E-state index is 10.1. The average molecular weight is 357 g/mol. The van der Waals surface area contributed by atoms with Crippen LogP contribution >= 0.6 is 12.2 Å². The highest BCUT2D eigenvalue weighted by molar-refractivity contribution is 7.80. The molecule has 2 aromatic rings. The highest BCUT2D eigenvalue weighted by Gasteiger charge is 2.05. The number of thiocarbonyl (C=S) groups is 1. The Morgan fingerprint density at radius 3 is 2.60 bits per heavy atom. The SMILES string of the molecule is CCOc1cccc(/C=N/NC(=S)Nc2ccc(C(C)C)cc2)c1O. The van der Waals surface area contributed by atoms with Crippen molar-refractivity contribution in [2.75, 3.05) is 11.9 Å². The van der Waals surface area contributed by atoms with Crippen LogP contribution in [-0.4, -0.2) is 23.0 Å². The highest BCUT2D eigenvalue weighted by Crippen LogP contribution is 2.28. The topological polar surface area (TPSA) is 65.9 Å². The molecule has 0 unspecified atom stereocenters. The maximum atomic E-state index is 10.1. The molecule has 6 heteroatoms. The van der Waals surface area contributed by atoms with Crippen molar-refractivity contribution >= 4 is 29.2 Å². The van der Waals surface area contributed by atoms with Gasteiger partial charge in [0.05, 0.1) is 12.8 Å². The maximum Gasteiger partial charge on any atom is 0.191 e. The zero-order valence-corrected chi connectivity index (χ0v) is 15.4. The van der Waals surface area contributed by atoms with Gasteiger partial charge >= 0.3 is 0 Å². The number of para-hydroxylation sites is 1. The van der Waals surface area contributed by atoms with E-state index in [0.717, 1.165) is 5.69 Å². The van der Waals surface area contributed by atoms with E-state index in [1.54, 1.807) is 18.2 Å². The number of anilines is 1. The summed E-state index contributed by atoms with van der Waals surface area (Å²) in [5.74, 6) is 0.972. The summed E-state index contributed by atoms with van der Waals surface area (Å²) in [6.07, 6.45) is 1.49. The molecule has 3 N–H and O–H groups in total. The first kappa shape index (κ1) is 18.7. The molecular weight excluding hydrogens is 334 g/mol. The number of nitrogens with one attached hydrogen (secondary N) is 2. The summed E-state index contributed by atoms with van der Waals surface area (Å²) in [7, 11) is 0. The monoisotopic (exact) mass is 357 g/mol. The molecule has 25 heavy (non-hydrogen) atoms. The lowest BCUT2D eigenvalue weighted by molar-refractivity contribution is 0.318. The van der Waals surface area contributed by atoms with Crippen molar-refractivity contribution in [3.8, 4) is 11.5 Å². The van der Waals surface area contributed by atoms with Crippen molar-refractivity contribution in [2.24, 2.45) is 5.10 Å².